The monoisotopic (exact) mass is 238 g/mol. The first kappa shape index (κ1) is 13.9. The van der Waals surface area contributed by atoms with Gasteiger partial charge < -0.3 is 9.72 Å². The summed E-state index contributed by atoms with van der Waals surface area (Å²) in [7, 11) is 1.66. The van der Waals surface area contributed by atoms with Crippen molar-refractivity contribution >= 4 is 0 Å². The molecule has 0 fully saturated rings. The second-order valence-electron chi connectivity index (χ2n) is 4.58. The number of hydrogen-bond acceptors (Lipinski definition) is 3. The van der Waals surface area contributed by atoms with Gasteiger partial charge in [-0.25, -0.2) is 4.98 Å². The summed E-state index contributed by atoms with van der Waals surface area (Å²) in [5.41, 5.74) is 0.221. The molecule has 96 valence electrons. The molecule has 0 aromatic carbocycles. The maximum absolute atomic E-state index is 11.7. The Balaban J connectivity index is 3.34. The molecule has 17 heavy (non-hydrogen) atoms. The second-order valence-corrected chi connectivity index (χ2v) is 4.58. The molecule has 0 saturated heterocycles. The van der Waals surface area contributed by atoms with Gasteiger partial charge in [0.25, 0.3) is 5.56 Å². The highest BCUT2D eigenvalue weighted by molar-refractivity contribution is 5.11. The third kappa shape index (κ3) is 2.75. The number of aromatic nitrogens is 2. The molecule has 0 unspecified atom stereocenters. The van der Waals surface area contributed by atoms with Gasteiger partial charge in [-0.3, -0.25) is 4.79 Å². The smallest absolute Gasteiger partial charge is 0.251 e. The molecule has 4 heteroatoms. The molecule has 0 aliphatic rings. The van der Waals surface area contributed by atoms with E-state index in [9.17, 15) is 4.79 Å². The Kier molecular flexibility index (Phi) is 4.46. The van der Waals surface area contributed by atoms with Crippen LogP contribution < -0.4 is 5.56 Å². The molecule has 1 heterocycles. The van der Waals surface area contributed by atoms with Crippen molar-refractivity contribution < 1.29 is 4.74 Å². The minimum absolute atomic E-state index is 0.109. The van der Waals surface area contributed by atoms with Crippen molar-refractivity contribution in [3.8, 4) is 0 Å². The number of H-pyrrole nitrogens is 1. The Morgan fingerprint density at radius 3 is 2.41 bits per heavy atom. The molecule has 0 aliphatic carbocycles. The lowest BCUT2D eigenvalue weighted by atomic mass is 9.95. The molecule has 0 amide bonds. The molecule has 4 nitrogen and oxygen atoms in total. The zero-order chi connectivity index (χ0) is 13.1. The van der Waals surface area contributed by atoms with Crippen LogP contribution in [0.15, 0.2) is 10.9 Å². The van der Waals surface area contributed by atoms with Crippen LogP contribution in [0.5, 0.6) is 0 Å². The fourth-order valence-corrected chi connectivity index (χ4v) is 1.96. The second kappa shape index (κ2) is 5.45. The van der Waals surface area contributed by atoms with Crippen molar-refractivity contribution in [3.63, 3.8) is 0 Å². The summed E-state index contributed by atoms with van der Waals surface area (Å²) in [6, 6.07) is 1.56. The average Bonchev–Trinajstić information content (AvgIpc) is 2.31. The number of rotatable bonds is 5. The average molecular weight is 238 g/mol. The normalized spacial score (nSPS) is 12.1. The highest BCUT2D eigenvalue weighted by Gasteiger charge is 2.31. The maximum atomic E-state index is 11.7. The van der Waals surface area contributed by atoms with Gasteiger partial charge in [0.05, 0.1) is 5.69 Å². The predicted octanol–water partition coefficient (Wildman–Crippen LogP) is 2.56. The van der Waals surface area contributed by atoms with Crippen molar-refractivity contribution in [2.45, 2.75) is 52.1 Å². The van der Waals surface area contributed by atoms with Crippen LogP contribution in [0, 0.1) is 0 Å². The molecule has 1 aromatic heterocycles. The highest BCUT2D eigenvalue weighted by Crippen LogP contribution is 2.29. The lowest BCUT2D eigenvalue weighted by Gasteiger charge is -2.29. The first-order valence-electron chi connectivity index (χ1n) is 6.16. The first-order chi connectivity index (χ1) is 7.99. The van der Waals surface area contributed by atoms with Crippen LogP contribution in [0.3, 0.4) is 0 Å². The molecular weight excluding hydrogens is 216 g/mol. The molecule has 0 spiro atoms. The molecule has 0 aliphatic heterocycles. The summed E-state index contributed by atoms with van der Waals surface area (Å²) >= 11 is 0. The van der Waals surface area contributed by atoms with Crippen LogP contribution in [0.4, 0.5) is 0 Å². The summed E-state index contributed by atoms with van der Waals surface area (Å²) in [6.45, 7) is 8.12. The fraction of sp³-hybridized carbons (Fsp3) is 0.692. The first-order valence-corrected chi connectivity index (χ1v) is 6.16. The van der Waals surface area contributed by atoms with Crippen LogP contribution in [0.2, 0.25) is 0 Å². The quantitative estimate of drug-likeness (QED) is 0.857. The van der Waals surface area contributed by atoms with Gasteiger partial charge >= 0.3 is 0 Å². The van der Waals surface area contributed by atoms with Gasteiger partial charge in [-0.2, -0.15) is 0 Å². The largest absolute Gasteiger partial charge is 0.370 e. The van der Waals surface area contributed by atoms with Gasteiger partial charge in [-0.05, 0) is 18.8 Å². The lowest BCUT2D eigenvalue weighted by molar-refractivity contribution is -0.0295. The molecule has 0 atom stereocenters. The fourth-order valence-electron chi connectivity index (χ4n) is 1.96. The van der Waals surface area contributed by atoms with Gasteiger partial charge in [0, 0.05) is 13.2 Å². The maximum Gasteiger partial charge on any atom is 0.251 e. The summed E-state index contributed by atoms with van der Waals surface area (Å²) in [6.07, 6.45) is 1.56. The van der Waals surface area contributed by atoms with E-state index in [2.05, 4.69) is 9.97 Å². The Bertz CT molecular complexity index is 411. The number of nitrogens with one attached hydrogen (secondary N) is 1. The van der Waals surface area contributed by atoms with Gasteiger partial charge in [0.2, 0.25) is 0 Å². The third-order valence-electron chi connectivity index (χ3n) is 3.32. The zero-order valence-electron chi connectivity index (χ0n) is 11.3. The number of ether oxygens (including phenoxy) is 1. The van der Waals surface area contributed by atoms with E-state index in [1.54, 1.807) is 13.2 Å². The Morgan fingerprint density at radius 2 is 2.00 bits per heavy atom. The van der Waals surface area contributed by atoms with Crippen molar-refractivity contribution in [3.05, 3.63) is 27.9 Å². The molecular formula is C13H22N2O2. The molecule has 0 bridgehead atoms. The summed E-state index contributed by atoms with van der Waals surface area (Å²) in [5.74, 6) is 0.875. The molecule has 0 radical (unpaired) electrons. The number of aromatic amines is 1. The third-order valence-corrected chi connectivity index (χ3v) is 3.32. The zero-order valence-corrected chi connectivity index (χ0v) is 11.3. The van der Waals surface area contributed by atoms with Gasteiger partial charge in [0.1, 0.15) is 11.4 Å². The Hall–Kier alpha value is -1.16. The minimum Gasteiger partial charge on any atom is -0.370 e. The van der Waals surface area contributed by atoms with Crippen LogP contribution in [0.1, 0.15) is 58.0 Å². The summed E-state index contributed by atoms with van der Waals surface area (Å²) < 4.78 is 5.58. The van der Waals surface area contributed by atoms with Crippen LogP contribution in [-0.2, 0) is 10.3 Å². The van der Waals surface area contributed by atoms with Gasteiger partial charge in [0.15, 0.2) is 0 Å². The van der Waals surface area contributed by atoms with E-state index in [-0.39, 0.29) is 11.5 Å². The van der Waals surface area contributed by atoms with Gasteiger partial charge in [-0.1, -0.05) is 27.7 Å². The molecule has 1 N–H and O–H groups in total. The molecule has 1 rings (SSSR count). The molecule has 0 saturated carbocycles. The van der Waals surface area contributed by atoms with E-state index < -0.39 is 5.60 Å². The number of hydrogen-bond donors (Lipinski definition) is 1. The summed E-state index contributed by atoms with van der Waals surface area (Å²) in [5, 5.41) is 0. The van der Waals surface area contributed by atoms with E-state index >= 15 is 0 Å². The molecule has 1 aromatic rings. The van der Waals surface area contributed by atoms with Crippen molar-refractivity contribution in [1.82, 2.24) is 9.97 Å². The SMILES string of the molecule is CCC(CC)(OC)c1nc(C(C)C)cc(=O)[nH]1. The van der Waals surface area contributed by atoms with Crippen LogP contribution in [-0.4, -0.2) is 17.1 Å². The lowest BCUT2D eigenvalue weighted by Crippen LogP contribution is -2.32. The van der Waals surface area contributed by atoms with Crippen LogP contribution >= 0.6 is 0 Å². The number of nitrogens with zero attached hydrogens (tertiary/aromatic N) is 1. The van der Waals surface area contributed by atoms with E-state index in [0.717, 1.165) is 18.5 Å². The van der Waals surface area contributed by atoms with Crippen molar-refractivity contribution in [2.75, 3.05) is 7.11 Å². The van der Waals surface area contributed by atoms with E-state index in [1.807, 2.05) is 27.7 Å². The minimum atomic E-state index is -0.482. The van der Waals surface area contributed by atoms with Gasteiger partial charge in [-0.15, -0.1) is 0 Å². The van der Waals surface area contributed by atoms with Crippen molar-refractivity contribution in [1.29, 1.82) is 0 Å². The predicted molar refractivity (Wildman–Crippen MR) is 68.2 cm³/mol. The standard InChI is InChI=1S/C13H22N2O2/c1-6-13(7-2,17-5)12-14-10(9(3)4)8-11(16)15-12/h8-9H,6-7H2,1-5H3,(H,14,15,16). The van der Waals surface area contributed by atoms with Crippen LogP contribution in [0.25, 0.3) is 0 Å². The number of methoxy groups -OCH3 is 1. The Labute approximate surface area is 102 Å². The van der Waals surface area contributed by atoms with E-state index in [0.29, 0.717) is 5.82 Å². The van der Waals surface area contributed by atoms with E-state index in [1.165, 1.54) is 0 Å². The Morgan fingerprint density at radius 1 is 1.41 bits per heavy atom. The highest BCUT2D eigenvalue weighted by atomic mass is 16.5. The summed E-state index contributed by atoms with van der Waals surface area (Å²) in [4.78, 5) is 19.0. The topological polar surface area (TPSA) is 55.0 Å². The van der Waals surface area contributed by atoms with E-state index in [4.69, 9.17) is 4.74 Å². The van der Waals surface area contributed by atoms with Crippen molar-refractivity contribution in [2.24, 2.45) is 0 Å².